The molecule has 2 aromatic rings. The summed E-state index contributed by atoms with van der Waals surface area (Å²) in [5, 5.41) is 10.5. The zero-order valence-corrected chi connectivity index (χ0v) is 14.5. The van der Waals surface area contributed by atoms with E-state index in [0.29, 0.717) is 26.2 Å². The zero-order chi connectivity index (χ0) is 17.6. The maximum Gasteiger partial charge on any atom is 0.230 e. The maximum atomic E-state index is 13.0. The fourth-order valence-corrected chi connectivity index (χ4v) is 3.34. The fourth-order valence-electron chi connectivity index (χ4n) is 3.34. The normalized spacial score (nSPS) is 20.1. The molecule has 0 spiro atoms. The van der Waals surface area contributed by atoms with Gasteiger partial charge in [0, 0.05) is 13.0 Å². The first kappa shape index (κ1) is 17.6. The molecular formula is C21H25NO3. The van der Waals surface area contributed by atoms with Gasteiger partial charge in [-0.05, 0) is 18.1 Å². The number of amides is 1. The van der Waals surface area contributed by atoms with Crippen LogP contribution in [0.5, 0.6) is 0 Å². The second-order valence-corrected chi connectivity index (χ2v) is 6.55. The van der Waals surface area contributed by atoms with Gasteiger partial charge in [0.25, 0.3) is 0 Å². The molecule has 25 heavy (non-hydrogen) atoms. The number of aliphatic hydroxyl groups excluding tert-OH is 1. The van der Waals surface area contributed by atoms with Gasteiger partial charge < -0.3 is 14.7 Å². The quantitative estimate of drug-likeness (QED) is 0.910. The van der Waals surface area contributed by atoms with Crippen LogP contribution in [0.2, 0.25) is 0 Å². The molecule has 1 aliphatic heterocycles. The van der Waals surface area contributed by atoms with Gasteiger partial charge in [-0.3, -0.25) is 4.79 Å². The molecule has 1 heterocycles. The summed E-state index contributed by atoms with van der Waals surface area (Å²) in [6.45, 7) is 3.53. The standard InChI is InChI=1S/C21H25NO3/c1-16(17-8-4-2-5-9-17)21(24)22-12-13-25-15-19(22)14-20(23)18-10-6-3-7-11-18/h2-11,16,19-20,23H,12-15H2,1H3/t16-,19?,20?/m1/s1. The monoisotopic (exact) mass is 339 g/mol. The first-order valence-corrected chi connectivity index (χ1v) is 8.83. The molecule has 0 radical (unpaired) electrons. The summed E-state index contributed by atoms with van der Waals surface area (Å²) in [6.07, 6.45) is -0.118. The molecule has 0 aromatic heterocycles. The Hall–Kier alpha value is -2.17. The molecule has 3 atom stereocenters. The molecule has 2 unspecified atom stereocenters. The summed E-state index contributed by atoms with van der Waals surface area (Å²) in [7, 11) is 0. The minimum Gasteiger partial charge on any atom is -0.388 e. The van der Waals surface area contributed by atoms with Gasteiger partial charge in [-0.2, -0.15) is 0 Å². The lowest BCUT2D eigenvalue weighted by Gasteiger charge is -2.38. The second kappa shape index (κ2) is 8.28. The predicted octanol–water partition coefficient (Wildman–Crippen LogP) is 3.14. The van der Waals surface area contributed by atoms with Crippen molar-refractivity contribution in [3.8, 4) is 0 Å². The Labute approximate surface area is 149 Å². The summed E-state index contributed by atoms with van der Waals surface area (Å²) in [4.78, 5) is 14.9. The van der Waals surface area contributed by atoms with E-state index in [-0.39, 0.29) is 17.9 Å². The second-order valence-electron chi connectivity index (χ2n) is 6.55. The number of benzene rings is 2. The van der Waals surface area contributed by atoms with E-state index >= 15 is 0 Å². The van der Waals surface area contributed by atoms with E-state index in [9.17, 15) is 9.90 Å². The molecule has 4 nitrogen and oxygen atoms in total. The van der Waals surface area contributed by atoms with Crippen LogP contribution in [0, 0.1) is 0 Å². The van der Waals surface area contributed by atoms with Crippen molar-refractivity contribution in [2.24, 2.45) is 0 Å². The van der Waals surface area contributed by atoms with E-state index in [1.54, 1.807) is 0 Å². The largest absolute Gasteiger partial charge is 0.388 e. The third kappa shape index (κ3) is 4.27. The average molecular weight is 339 g/mol. The molecule has 4 heteroatoms. The van der Waals surface area contributed by atoms with Gasteiger partial charge in [-0.1, -0.05) is 60.7 Å². The van der Waals surface area contributed by atoms with Crippen molar-refractivity contribution in [2.45, 2.75) is 31.4 Å². The van der Waals surface area contributed by atoms with Gasteiger partial charge in [0.05, 0.1) is 31.3 Å². The molecule has 0 saturated carbocycles. The molecule has 1 saturated heterocycles. The van der Waals surface area contributed by atoms with Crippen LogP contribution in [-0.4, -0.2) is 41.7 Å². The highest BCUT2D eigenvalue weighted by molar-refractivity contribution is 5.83. The van der Waals surface area contributed by atoms with Crippen LogP contribution in [-0.2, 0) is 9.53 Å². The number of hydrogen-bond acceptors (Lipinski definition) is 3. The van der Waals surface area contributed by atoms with E-state index < -0.39 is 6.10 Å². The van der Waals surface area contributed by atoms with Crippen LogP contribution in [0.25, 0.3) is 0 Å². The number of ether oxygens (including phenoxy) is 1. The van der Waals surface area contributed by atoms with Crippen LogP contribution in [0.1, 0.15) is 36.5 Å². The summed E-state index contributed by atoms with van der Waals surface area (Å²) >= 11 is 0. The minimum absolute atomic E-state index is 0.0970. The number of nitrogens with zero attached hydrogens (tertiary/aromatic N) is 1. The molecule has 1 amide bonds. The number of carbonyl (C=O) groups excluding carboxylic acids is 1. The number of hydrogen-bond donors (Lipinski definition) is 1. The van der Waals surface area contributed by atoms with Crippen LogP contribution in [0.15, 0.2) is 60.7 Å². The van der Waals surface area contributed by atoms with E-state index in [2.05, 4.69) is 0 Å². The van der Waals surface area contributed by atoms with Crippen molar-refractivity contribution in [3.05, 3.63) is 71.8 Å². The molecule has 1 fully saturated rings. The van der Waals surface area contributed by atoms with Gasteiger partial charge in [0.2, 0.25) is 5.91 Å². The summed E-state index contributed by atoms with van der Waals surface area (Å²) in [5.41, 5.74) is 1.89. The van der Waals surface area contributed by atoms with Crippen molar-refractivity contribution < 1.29 is 14.6 Å². The topological polar surface area (TPSA) is 49.8 Å². The molecule has 0 bridgehead atoms. The Morgan fingerprint density at radius 3 is 2.36 bits per heavy atom. The van der Waals surface area contributed by atoms with Gasteiger partial charge >= 0.3 is 0 Å². The zero-order valence-electron chi connectivity index (χ0n) is 14.5. The van der Waals surface area contributed by atoms with Crippen LogP contribution < -0.4 is 0 Å². The van der Waals surface area contributed by atoms with Crippen LogP contribution >= 0.6 is 0 Å². The minimum atomic E-state index is -0.602. The van der Waals surface area contributed by atoms with Gasteiger partial charge in [0.1, 0.15) is 0 Å². The summed E-state index contributed by atoms with van der Waals surface area (Å²) in [6, 6.07) is 19.3. The molecule has 1 N–H and O–H groups in total. The Morgan fingerprint density at radius 2 is 1.72 bits per heavy atom. The SMILES string of the molecule is C[C@@H](C(=O)N1CCOCC1CC(O)c1ccccc1)c1ccccc1. The Bertz CT molecular complexity index is 674. The Kier molecular flexibility index (Phi) is 5.84. The number of aliphatic hydroxyl groups is 1. The molecular weight excluding hydrogens is 314 g/mol. The van der Waals surface area contributed by atoms with E-state index in [0.717, 1.165) is 11.1 Å². The Balaban J connectivity index is 1.71. The third-order valence-electron chi connectivity index (χ3n) is 4.86. The smallest absolute Gasteiger partial charge is 0.230 e. The van der Waals surface area contributed by atoms with E-state index in [1.165, 1.54) is 0 Å². The van der Waals surface area contributed by atoms with Crippen molar-refractivity contribution in [1.29, 1.82) is 0 Å². The van der Waals surface area contributed by atoms with Crippen molar-refractivity contribution >= 4 is 5.91 Å². The highest BCUT2D eigenvalue weighted by Crippen LogP contribution is 2.26. The lowest BCUT2D eigenvalue weighted by atomic mass is 9.96. The highest BCUT2D eigenvalue weighted by atomic mass is 16.5. The summed E-state index contributed by atoms with van der Waals surface area (Å²) in [5.74, 6) is -0.101. The highest BCUT2D eigenvalue weighted by Gasteiger charge is 2.32. The predicted molar refractivity (Wildman–Crippen MR) is 97.2 cm³/mol. The molecule has 2 aromatic carbocycles. The molecule has 0 aliphatic carbocycles. The fraction of sp³-hybridized carbons (Fsp3) is 0.381. The van der Waals surface area contributed by atoms with E-state index in [1.807, 2.05) is 72.5 Å². The number of carbonyl (C=O) groups is 1. The van der Waals surface area contributed by atoms with Crippen LogP contribution in [0.4, 0.5) is 0 Å². The van der Waals surface area contributed by atoms with E-state index in [4.69, 9.17) is 4.74 Å². The van der Waals surface area contributed by atoms with Gasteiger partial charge in [-0.25, -0.2) is 0 Å². The lowest BCUT2D eigenvalue weighted by Crippen LogP contribution is -2.50. The summed E-state index contributed by atoms with van der Waals surface area (Å²) < 4.78 is 5.58. The molecule has 3 rings (SSSR count). The first-order chi connectivity index (χ1) is 12.2. The van der Waals surface area contributed by atoms with Crippen LogP contribution in [0.3, 0.4) is 0 Å². The molecule has 132 valence electrons. The number of rotatable bonds is 5. The lowest BCUT2D eigenvalue weighted by molar-refractivity contribution is -0.142. The first-order valence-electron chi connectivity index (χ1n) is 8.83. The van der Waals surface area contributed by atoms with Gasteiger partial charge in [-0.15, -0.1) is 0 Å². The average Bonchev–Trinajstić information content (AvgIpc) is 2.68. The molecule has 1 aliphatic rings. The Morgan fingerprint density at radius 1 is 1.12 bits per heavy atom. The third-order valence-corrected chi connectivity index (χ3v) is 4.86. The van der Waals surface area contributed by atoms with Gasteiger partial charge in [0.15, 0.2) is 0 Å². The maximum absolute atomic E-state index is 13.0. The number of morpholine rings is 1. The van der Waals surface area contributed by atoms with Crippen molar-refractivity contribution in [1.82, 2.24) is 4.90 Å². The van der Waals surface area contributed by atoms with Crippen molar-refractivity contribution in [2.75, 3.05) is 19.8 Å². The van der Waals surface area contributed by atoms with Crippen molar-refractivity contribution in [3.63, 3.8) is 0 Å².